The molecule has 0 saturated heterocycles. The standard InChI is InChI=1S/C16H14N4O/c1-3-11-4-2-8-18-15(11)13(5-1)21-14-7-6-12-16(20-14)19-10-9-17-12/h1,3,5-7,9-10,18H,2,4,8H2. The van der Waals surface area contributed by atoms with Crippen LogP contribution in [0.25, 0.3) is 11.2 Å². The van der Waals surface area contributed by atoms with E-state index in [9.17, 15) is 0 Å². The van der Waals surface area contributed by atoms with Crippen molar-refractivity contribution in [1.29, 1.82) is 0 Å². The second-order valence-electron chi connectivity index (χ2n) is 4.97. The Morgan fingerprint density at radius 2 is 2.00 bits per heavy atom. The van der Waals surface area contributed by atoms with E-state index >= 15 is 0 Å². The highest BCUT2D eigenvalue weighted by atomic mass is 16.5. The number of ether oxygens (including phenoxy) is 1. The van der Waals surface area contributed by atoms with E-state index in [-0.39, 0.29) is 0 Å². The minimum Gasteiger partial charge on any atom is -0.437 e. The zero-order valence-electron chi connectivity index (χ0n) is 11.4. The van der Waals surface area contributed by atoms with Gasteiger partial charge in [-0.05, 0) is 30.5 Å². The Morgan fingerprint density at radius 3 is 3.00 bits per heavy atom. The molecule has 5 nitrogen and oxygen atoms in total. The summed E-state index contributed by atoms with van der Waals surface area (Å²) in [7, 11) is 0. The van der Waals surface area contributed by atoms with Crippen LogP contribution in [0.5, 0.6) is 11.6 Å². The van der Waals surface area contributed by atoms with Gasteiger partial charge in [0, 0.05) is 25.0 Å². The van der Waals surface area contributed by atoms with E-state index in [2.05, 4.69) is 26.3 Å². The quantitative estimate of drug-likeness (QED) is 0.780. The van der Waals surface area contributed by atoms with Crippen molar-refractivity contribution < 1.29 is 4.74 Å². The van der Waals surface area contributed by atoms with Crippen LogP contribution in [0.15, 0.2) is 42.7 Å². The third-order valence-electron chi connectivity index (χ3n) is 3.56. The minimum atomic E-state index is 0.531. The fourth-order valence-corrected chi connectivity index (χ4v) is 2.57. The van der Waals surface area contributed by atoms with E-state index in [0.29, 0.717) is 11.5 Å². The van der Waals surface area contributed by atoms with Gasteiger partial charge in [0.1, 0.15) is 5.52 Å². The molecule has 3 aromatic rings. The summed E-state index contributed by atoms with van der Waals surface area (Å²) in [6, 6.07) is 9.79. The molecule has 1 aromatic carbocycles. The van der Waals surface area contributed by atoms with Gasteiger partial charge in [-0.25, -0.2) is 4.98 Å². The second kappa shape index (κ2) is 5.01. The first-order valence-corrected chi connectivity index (χ1v) is 7.01. The number of hydrogen-bond acceptors (Lipinski definition) is 5. The number of nitrogens with zero attached hydrogens (tertiary/aromatic N) is 3. The van der Waals surface area contributed by atoms with Gasteiger partial charge in [0.2, 0.25) is 5.88 Å². The summed E-state index contributed by atoms with van der Waals surface area (Å²) >= 11 is 0. The summed E-state index contributed by atoms with van der Waals surface area (Å²) in [6.07, 6.45) is 5.52. The topological polar surface area (TPSA) is 59.9 Å². The molecule has 104 valence electrons. The van der Waals surface area contributed by atoms with Crippen LogP contribution in [-0.2, 0) is 6.42 Å². The first kappa shape index (κ1) is 12.1. The number of fused-ring (bicyclic) bond motifs is 2. The fourth-order valence-electron chi connectivity index (χ4n) is 2.57. The van der Waals surface area contributed by atoms with Crippen LogP contribution in [0.1, 0.15) is 12.0 Å². The van der Waals surface area contributed by atoms with Crippen LogP contribution in [0.4, 0.5) is 5.69 Å². The average molecular weight is 278 g/mol. The molecule has 4 rings (SSSR count). The van der Waals surface area contributed by atoms with E-state index in [0.717, 1.165) is 36.3 Å². The lowest BCUT2D eigenvalue weighted by atomic mass is 10.0. The predicted molar refractivity (Wildman–Crippen MR) is 80.7 cm³/mol. The molecule has 0 fully saturated rings. The van der Waals surface area contributed by atoms with Crippen molar-refractivity contribution in [2.75, 3.05) is 11.9 Å². The third kappa shape index (κ3) is 2.27. The van der Waals surface area contributed by atoms with E-state index < -0.39 is 0 Å². The number of pyridine rings is 1. The molecule has 5 heteroatoms. The number of anilines is 1. The van der Waals surface area contributed by atoms with Gasteiger partial charge >= 0.3 is 0 Å². The average Bonchev–Trinajstić information content (AvgIpc) is 2.55. The summed E-state index contributed by atoms with van der Waals surface area (Å²) in [4.78, 5) is 12.8. The molecular weight excluding hydrogens is 264 g/mol. The van der Waals surface area contributed by atoms with Crippen LogP contribution in [0, 0.1) is 0 Å². The molecule has 1 aliphatic rings. The molecule has 2 aromatic heterocycles. The van der Waals surface area contributed by atoms with Gasteiger partial charge in [-0.15, -0.1) is 0 Å². The number of aromatic nitrogens is 3. The Labute approximate surface area is 122 Å². The third-order valence-corrected chi connectivity index (χ3v) is 3.56. The van der Waals surface area contributed by atoms with Crippen LogP contribution >= 0.6 is 0 Å². The van der Waals surface area contributed by atoms with E-state index in [4.69, 9.17) is 4.74 Å². The Balaban J connectivity index is 1.71. The number of benzene rings is 1. The van der Waals surface area contributed by atoms with E-state index in [1.54, 1.807) is 12.4 Å². The Kier molecular flexibility index (Phi) is 2.88. The van der Waals surface area contributed by atoms with E-state index in [1.165, 1.54) is 5.56 Å². The number of rotatable bonds is 2. The lowest BCUT2D eigenvalue weighted by Crippen LogP contribution is -2.12. The summed E-state index contributed by atoms with van der Waals surface area (Å²) < 4.78 is 5.94. The number of hydrogen-bond donors (Lipinski definition) is 1. The second-order valence-corrected chi connectivity index (χ2v) is 4.97. The monoisotopic (exact) mass is 278 g/mol. The van der Waals surface area contributed by atoms with Crippen LogP contribution in [-0.4, -0.2) is 21.5 Å². The van der Waals surface area contributed by atoms with Crippen molar-refractivity contribution in [3.8, 4) is 11.6 Å². The Morgan fingerprint density at radius 1 is 1.05 bits per heavy atom. The highest BCUT2D eigenvalue weighted by molar-refractivity contribution is 5.70. The first-order chi connectivity index (χ1) is 10.4. The molecule has 0 bridgehead atoms. The predicted octanol–water partition coefficient (Wildman–Crippen LogP) is 3.18. The van der Waals surface area contributed by atoms with Crippen molar-refractivity contribution in [3.63, 3.8) is 0 Å². The summed E-state index contributed by atoms with van der Waals surface area (Å²) in [5.41, 5.74) is 3.72. The van der Waals surface area contributed by atoms with Crippen molar-refractivity contribution in [2.45, 2.75) is 12.8 Å². The number of para-hydroxylation sites is 1. The van der Waals surface area contributed by atoms with Gasteiger partial charge < -0.3 is 10.1 Å². The highest BCUT2D eigenvalue weighted by Gasteiger charge is 2.14. The lowest BCUT2D eigenvalue weighted by molar-refractivity contribution is 0.465. The van der Waals surface area contributed by atoms with Crippen molar-refractivity contribution in [1.82, 2.24) is 15.0 Å². The summed E-state index contributed by atoms with van der Waals surface area (Å²) in [5, 5.41) is 3.41. The van der Waals surface area contributed by atoms with Crippen molar-refractivity contribution >= 4 is 16.9 Å². The van der Waals surface area contributed by atoms with Crippen LogP contribution in [0.3, 0.4) is 0 Å². The molecule has 3 heterocycles. The fraction of sp³-hybridized carbons (Fsp3) is 0.188. The SMILES string of the molecule is c1cc2c(c(Oc3ccc4nccnc4n3)c1)NCCC2. The maximum atomic E-state index is 5.94. The maximum absolute atomic E-state index is 5.94. The number of aryl methyl sites for hydroxylation is 1. The minimum absolute atomic E-state index is 0.531. The van der Waals surface area contributed by atoms with Crippen molar-refractivity contribution in [3.05, 3.63) is 48.3 Å². The Hall–Kier alpha value is -2.69. The molecule has 1 aliphatic heterocycles. The molecule has 0 unspecified atom stereocenters. The zero-order chi connectivity index (χ0) is 14.1. The maximum Gasteiger partial charge on any atom is 0.221 e. The van der Waals surface area contributed by atoms with Gasteiger partial charge in [0.15, 0.2) is 11.4 Å². The lowest BCUT2D eigenvalue weighted by Gasteiger charge is -2.20. The van der Waals surface area contributed by atoms with Gasteiger partial charge in [-0.3, -0.25) is 4.98 Å². The molecule has 0 spiro atoms. The first-order valence-electron chi connectivity index (χ1n) is 7.01. The summed E-state index contributed by atoms with van der Waals surface area (Å²) in [6.45, 7) is 0.976. The molecule has 0 atom stereocenters. The van der Waals surface area contributed by atoms with Gasteiger partial charge in [-0.2, -0.15) is 4.98 Å². The molecule has 21 heavy (non-hydrogen) atoms. The molecule has 0 amide bonds. The molecule has 1 N–H and O–H groups in total. The molecule has 0 aliphatic carbocycles. The largest absolute Gasteiger partial charge is 0.437 e. The smallest absolute Gasteiger partial charge is 0.221 e. The van der Waals surface area contributed by atoms with Gasteiger partial charge in [0.05, 0.1) is 5.69 Å². The molecular formula is C16H14N4O. The molecule has 0 radical (unpaired) electrons. The zero-order valence-corrected chi connectivity index (χ0v) is 11.4. The van der Waals surface area contributed by atoms with E-state index in [1.807, 2.05) is 24.3 Å². The normalized spacial score (nSPS) is 13.5. The van der Waals surface area contributed by atoms with Crippen LogP contribution in [0.2, 0.25) is 0 Å². The Bertz CT molecular complexity index is 803. The summed E-state index contributed by atoms with van der Waals surface area (Å²) in [5.74, 6) is 1.34. The van der Waals surface area contributed by atoms with Crippen LogP contribution < -0.4 is 10.1 Å². The molecule has 0 saturated carbocycles. The number of nitrogens with one attached hydrogen (secondary N) is 1. The van der Waals surface area contributed by atoms with Gasteiger partial charge in [0.25, 0.3) is 0 Å². The van der Waals surface area contributed by atoms with Crippen molar-refractivity contribution in [2.24, 2.45) is 0 Å². The highest BCUT2D eigenvalue weighted by Crippen LogP contribution is 2.34. The van der Waals surface area contributed by atoms with Gasteiger partial charge in [-0.1, -0.05) is 12.1 Å².